The molecule has 0 aliphatic carbocycles. The smallest absolute Gasteiger partial charge is 0.241 e. The van der Waals surface area contributed by atoms with Crippen LogP contribution < -0.4 is 5.32 Å². The Bertz CT molecular complexity index is 437. The Labute approximate surface area is 103 Å². The quantitative estimate of drug-likeness (QED) is 0.920. The molecule has 1 N–H and O–H groups in total. The van der Waals surface area contributed by atoms with Crippen molar-refractivity contribution in [3.63, 3.8) is 0 Å². The fraction of sp³-hybridized carbons (Fsp3) is 0.273. The third kappa shape index (κ3) is 3.24. The Morgan fingerprint density at radius 1 is 1.56 bits per heavy atom. The van der Waals surface area contributed by atoms with Crippen LogP contribution in [0.3, 0.4) is 0 Å². The van der Waals surface area contributed by atoms with Crippen LogP contribution in [0, 0.1) is 11.3 Å². The largest absolute Gasteiger partial charge is 0.375 e. The maximum absolute atomic E-state index is 11.4. The van der Waals surface area contributed by atoms with E-state index in [-0.39, 0.29) is 12.5 Å². The molecule has 0 aromatic heterocycles. The first kappa shape index (κ1) is 12.5. The number of hydrogen-bond acceptors (Lipinski definition) is 3. The average molecular weight is 282 g/mol. The summed E-state index contributed by atoms with van der Waals surface area (Å²) in [5.74, 6) is -0.0354. The van der Waals surface area contributed by atoms with Gasteiger partial charge in [0, 0.05) is 18.6 Å². The molecule has 0 spiro atoms. The van der Waals surface area contributed by atoms with Crippen molar-refractivity contribution in [1.29, 1.82) is 5.26 Å². The first-order valence-electron chi connectivity index (χ1n) is 4.68. The highest BCUT2D eigenvalue weighted by Crippen LogP contribution is 2.19. The highest BCUT2D eigenvalue weighted by molar-refractivity contribution is 9.10. The predicted octanol–water partition coefficient (Wildman–Crippen LogP) is 1.82. The minimum Gasteiger partial charge on any atom is -0.375 e. The topological polar surface area (TPSA) is 56.1 Å². The van der Waals surface area contributed by atoms with Crippen LogP contribution in [0.4, 0.5) is 5.69 Å². The van der Waals surface area contributed by atoms with Gasteiger partial charge in [0.15, 0.2) is 0 Å². The van der Waals surface area contributed by atoms with Crippen molar-refractivity contribution in [3.05, 3.63) is 28.2 Å². The monoisotopic (exact) mass is 281 g/mol. The summed E-state index contributed by atoms with van der Waals surface area (Å²) in [6.07, 6.45) is 0. The van der Waals surface area contributed by atoms with E-state index in [0.29, 0.717) is 11.3 Å². The zero-order valence-electron chi connectivity index (χ0n) is 9.12. The first-order valence-corrected chi connectivity index (χ1v) is 5.47. The Morgan fingerprint density at radius 2 is 2.25 bits per heavy atom. The highest BCUT2D eigenvalue weighted by Gasteiger charge is 2.06. The van der Waals surface area contributed by atoms with Gasteiger partial charge in [-0.2, -0.15) is 5.26 Å². The Morgan fingerprint density at radius 3 is 2.81 bits per heavy atom. The van der Waals surface area contributed by atoms with Crippen molar-refractivity contribution in [3.8, 4) is 6.07 Å². The van der Waals surface area contributed by atoms with Gasteiger partial charge in [0.05, 0.1) is 17.8 Å². The molecule has 0 aliphatic rings. The summed E-state index contributed by atoms with van der Waals surface area (Å²) in [6.45, 7) is 0.184. The minimum atomic E-state index is -0.0354. The third-order valence-corrected chi connectivity index (χ3v) is 2.52. The van der Waals surface area contributed by atoms with Gasteiger partial charge in [0.25, 0.3) is 0 Å². The molecule has 1 aromatic rings. The lowest BCUT2D eigenvalue weighted by molar-refractivity contribution is -0.126. The van der Waals surface area contributed by atoms with Crippen LogP contribution in [0.5, 0.6) is 0 Å². The van der Waals surface area contributed by atoms with Crippen molar-refractivity contribution in [2.75, 3.05) is 26.0 Å². The summed E-state index contributed by atoms with van der Waals surface area (Å²) in [5, 5.41) is 11.8. The molecular weight excluding hydrogens is 270 g/mol. The van der Waals surface area contributed by atoms with Gasteiger partial charge in [-0.3, -0.25) is 4.79 Å². The zero-order chi connectivity index (χ0) is 12.1. The van der Waals surface area contributed by atoms with E-state index in [9.17, 15) is 4.79 Å². The van der Waals surface area contributed by atoms with E-state index < -0.39 is 0 Å². The molecule has 0 fully saturated rings. The number of halogens is 1. The normalized spacial score (nSPS) is 9.38. The number of benzene rings is 1. The van der Waals surface area contributed by atoms with Gasteiger partial charge >= 0.3 is 0 Å². The molecule has 0 heterocycles. The van der Waals surface area contributed by atoms with Crippen LogP contribution in [0.2, 0.25) is 0 Å². The lowest BCUT2D eigenvalue weighted by atomic mass is 10.2. The Kier molecular flexibility index (Phi) is 4.32. The molecule has 0 saturated heterocycles. The number of carbonyl (C=O) groups excluding carboxylic acids is 1. The molecule has 84 valence electrons. The predicted molar refractivity (Wildman–Crippen MR) is 66.0 cm³/mol. The molecule has 0 radical (unpaired) electrons. The maximum Gasteiger partial charge on any atom is 0.241 e. The lowest BCUT2D eigenvalue weighted by Crippen LogP contribution is -2.28. The number of anilines is 1. The van der Waals surface area contributed by atoms with Gasteiger partial charge in [-0.15, -0.1) is 0 Å². The van der Waals surface area contributed by atoms with Gasteiger partial charge in [-0.1, -0.05) is 15.9 Å². The number of amides is 1. The van der Waals surface area contributed by atoms with E-state index in [2.05, 4.69) is 27.3 Å². The Balaban J connectivity index is 2.75. The molecule has 1 rings (SSSR count). The summed E-state index contributed by atoms with van der Waals surface area (Å²) in [4.78, 5) is 12.9. The van der Waals surface area contributed by atoms with Gasteiger partial charge < -0.3 is 10.2 Å². The second-order valence-electron chi connectivity index (χ2n) is 3.44. The lowest BCUT2D eigenvalue weighted by Gasteiger charge is -2.12. The van der Waals surface area contributed by atoms with E-state index in [1.807, 2.05) is 6.07 Å². The zero-order valence-corrected chi connectivity index (χ0v) is 10.7. The number of likely N-dealkylation sites (N-methyl/N-ethyl adjacent to an activating group) is 1. The van der Waals surface area contributed by atoms with Crippen molar-refractivity contribution < 1.29 is 4.79 Å². The molecular formula is C11H12BrN3O. The number of nitrogens with one attached hydrogen (secondary N) is 1. The third-order valence-electron chi connectivity index (χ3n) is 2.03. The highest BCUT2D eigenvalue weighted by atomic mass is 79.9. The van der Waals surface area contributed by atoms with Crippen molar-refractivity contribution in [1.82, 2.24) is 4.90 Å². The standard InChI is InChI=1S/C11H12BrN3O/c1-15(2)11(16)7-14-10-4-3-9(12)5-8(10)6-13/h3-5,14H,7H2,1-2H3. The fourth-order valence-electron chi connectivity index (χ4n) is 1.09. The van der Waals surface area contributed by atoms with E-state index in [4.69, 9.17) is 5.26 Å². The number of nitriles is 1. The van der Waals surface area contributed by atoms with Gasteiger partial charge in [0.2, 0.25) is 5.91 Å². The van der Waals surface area contributed by atoms with Crippen LogP contribution in [-0.4, -0.2) is 31.4 Å². The van der Waals surface area contributed by atoms with Crippen LogP contribution in [-0.2, 0) is 4.79 Å². The van der Waals surface area contributed by atoms with Crippen molar-refractivity contribution >= 4 is 27.5 Å². The summed E-state index contributed by atoms with van der Waals surface area (Å²) in [7, 11) is 3.38. The second kappa shape index (κ2) is 5.52. The molecule has 0 saturated carbocycles. The maximum atomic E-state index is 11.4. The fourth-order valence-corrected chi connectivity index (χ4v) is 1.45. The molecule has 16 heavy (non-hydrogen) atoms. The molecule has 1 amide bonds. The average Bonchev–Trinajstić information content (AvgIpc) is 2.26. The van der Waals surface area contributed by atoms with Crippen molar-refractivity contribution in [2.24, 2.45) is 0 Å². The summed E-state index contributed by atoms with van der Waals surface area (Å²) < 4.78 is 0.841. The number of rotatable bonds is 3. The number of nitrogens with zero attached hydrogens (tertiary/aromatic N) is 2. The molecule has 1 aromatic carbocycles. The summed E-state index contributed by atoms with van der Waals surface area (Å²) in [5.41, 5.74) is 1.18. The van der Waals surface area contributed by atoms with E-state index in [0.717, 1.165) is 4.47 Å². The first-order chi connectivity index (χ1) is 7.54. The van der Waals surface area contributed by atoms with Crippen LogP contribution in [0.15, 0.2) is 22.7 Å². The Hall–Kier alpha value is -1.54. The molecule has 0 unspecified atom stereocenters. The van der Waals surface area contributed by atoms with E-state index in [1.54, 1.807) is 26.2 Å². The summed E-state index contributed by atoms with van der Waals surface area (Å²) in [6, 6.07) is 7.37. The molecule has 4 nitrogen and oxygen atoms in total. The second-order valence-corrected chi connectivity index (χ2v) is 4.36. The number of carbonyl (C=O) groups is 1. The van der Waals surface area contributed by atoms with Crippen LogP contribution >= 0.6 is 15.9 Å². The molecule has 5 heteroatoms. The SMILES string of the molecule is CN(C)C(=O)CNc1ccc(Br)cc1C#N. The number of hydrogen-bond donors (Lipinski definition) is 1. The van der Waals surface area contributed by atoms with Gasteiger partial charge in [-0.25, -0.2) is 0 Å². The van der Waals surface area contributed by atoms with Gasteiger partial charge in [-0.05, 0) is 18.2 Å². The molecule has 0 aliphatic heterocycles. The van der Waals surface area contributed by atoms with Gasteiger partial charge in [0.1, 0.15) is 6.07 Å². The minimum absolute atomic E-state index is 0.0354. The summed E-state index contributed by atoms with van der Waals surface area (Å²) >= 11 is 3.29. The van der Waals surface area contributed by atoms with E-state index in [1.165, 1.54) is 4.90 Å². The molecule has 0 bridgehead atoms. The van der Waals surface area contributed by atoms with E-state index >= 15 is 0 Å². The van der Waals surface area contributed by atoms with Crippen molar-refractivity contribution in [2.45, 2.75) is 0 Å². The van der Waals surface area contributed by atoms with Crippen LogP contribution in [0.1, 0.15) is 5.56 Å². The van der Waals surface area contributed by atoms with Crippen LogP contribution in [0.25, 0.3) is 0 Å². The molecule has 0 atom stereocenters.